The second kappa shape index (κ2) is 16.7. The fourth-order valence-electron chi connectivity index (χ4n) is 7.30. The van der Waals surface area contributed by atoms with Crippen LogP contribution >= 0.6 is 0 Å². The van der Waals surface area contributed by atoms with Gasteiger partial charge >= 0.3 is 11.9 Å². The van der Waals surface area contributed by atoms with E-state index in [1.54, 1.807) is 141 Å². The number of anilines is 3. The quantitative estimate of drug-likeness (QED) is 0.0943. The molecule has 0 aliphatic carbocycles. The lowest BCUT2D eigenvalue weighted by atomic mass is 9.73. The number of primary amides is 1. The van der Waals surface area contributed by atoms with E-state index in [0.717, 1.165) is 0 Å². The zero-order valence-corrected chi connectivity index (χ0v) is 31.4. The molecule has 0 bridgehead atoms. The number of para-hydroxylation sites is 3. The maximum Gasteiger partial charge on any atom is 0.307 e. The molecule has 0 saturated carbocycles. The average molecular weight is 754 g/mol. The van der Waals surface area contributed by atoms with Crippen molar-refractivity contribution in [2.75, 3.05) is 16.9 Å². The van der Waals surface area contributed by atoms with E-state index in [2.05, 4.69) is 0 Å². The zero-order chi connectivity index (χ0) is 39.9. The number of ether oxygens (including phenoxy) is 3. The number of carbonyl (C=O) groups is 5. The number of esters is 2. The molecule has 0 saturated heterocycles. The smallest absolute Gasteiger partial charge is 0.307 e. The highest BCUT2D eigenvalue weighted by Gasteiger charge is 2.62. The van der Waals surface area contributed by atoms with Crippen LogP contribution in [0.5, 0.6) is 5.75 Å². The summed E-state index contributed by atoms with van der Waals surface area (Å²) in [5, 5.41) is 0. The van der Waals surface area contributed by atoms with Crippen molar-refractivity contribution in [2.24, 2.45) is 17.1 Å². The van der Waals surface area contributed by atoms with E-state index in [4.69, 9.17) is 19.9 Å². The monoisotopic (exact) mass is 753 g/mol. The minimum absolute atomic E-state index is 0.148. The van der Waals surface area contributed by atoms with E-state index in [1.165, 1.54) is 16.9 Å². The first kappa shape index (κ1) is 39.0. The lowest BCUT2D eigenvalue weighted by molar-refractivity contribution is -0.161. The number of methoxy groups -OCH3 is 1. The van der Waals surface area contributed by atoms with Crippen molar-refractivity contribution >= 4 is 46.7 Å². The predicted octanol–water partition coefficient (Wildman–Crippen LogP) is 7.00. The van der Waals surface area contributed by atoms with Crippen molar-refractivity contribution in [3.63, 3.8) is 0 Å². The fourth-order valence-corrected chi connectivity index (χ4v) is 7.30. The number of nitrogens with two attached hydrogens (primary N) is 1. The first-order chi connectivity index (χ1) is 27.0. The number of fused-ring (bicyclic) bond motifs is 1. The van der Waals surface area contributed by atoms with E-state index in [-0.39, 0.29) is 24.6 Å². The lowest BCUT2D eigenvalue weighted by Gasteiger charge is -2.46. The Morgan fingerprint density at radius 1 is 0.643 bits per heavy atom. The average Bonchev–Trinajstić information content (AvgIpc) is 3.28. The van der Waals surface area contributed by atoms with Gasteiger partial charge in [-0.05, 0) is 59.0 Å². The van der Waals surface area contributed by atoms with Crippen molar-refractivity contribution in [1.82, 2.24) is 0 Å². The molecule has 3 amide bonds. The molecule has 2 N–H and O–H groups in total. The molecule has 0 radical (unpaired) electrons. The minimum Gasteiger partial charge on any atom is -0.497 e. The summed E-state index contributed by atoms with van der Waals surface area (Å²) in [5.74, 6) is -4.90. The molecular formula is C45H43N3O8. The summed E-state index contributed by atoms with van der Waals surface area (Å²) in [6, 6.07) is 39.5. The van der Waals surface area contributed by atoms with Gasteiger partial charge in [0.2, 0.25) is 17.7 Å². The van der Waals surface area contributed by atoms with Crippen molar-refractivity contribution in [1.29, 1.82) is 0 Å². The SMILES string of the molecule is COc1ccc(C(C(N)=O)(C(C)C)N2C(=O)C(CC(=O)OCc3ccccc3)(CC(=O)OCc3ccccc3)C(=O)N(c3ccccc3)c3ccccc32)cc1. The molecule has 1 atom stereocenters. The summed E-state index contributed by atoms with van der Waals surface area (Å²) >= 11 is 0. The Labute approximate surface area is 325 Å². The first-order valence-electron chi connectivity index (χ1n) is 18.2. The molecule has 286 valence electrons. The Hall–Kier alpha value is -6.75. The molecule has 1 aliphatic heterocycles. The first-order valence-corrected chi connectivity index (χ1v) is 18.2. The topological polar surface area (TPSA) is 146 Å². The molecule has 11 nitrogen and oxygen atoms in total. The van der Waals surface area contributed by atoms with E-state index in [0.29, 0.717) is 28.1 Å². The number of nitrogens with zero attached hydrogens (tertiary/aromatic N) is 2. The Morgan fingerprint density at radius 2 is 1.11 bits per heavy atom. The van der Waals surface area contributed by atoms with Gasteiger partial charge in [0, 0.05) is 5.69 Å². The highest BCUT2D eigenvalue weighted by molar-refractivity contribution is 6.26. The minimum atomic E-state index is -2.52. The Kier molecular flexibility index (Phi) is 11.6. The lowest BCUT2D eigenvalue weighted by Crippen LogP contribution is -2.64. The summed E-state index contributed by atoms with van der Waals surface area (Å²) in [7, 11) is 1.50. The van der Waals surface area contributed by atoms with E-state index >= 15 is 9.59 Å². The largest absolute Gasteiger partial charge is 0.497 e. The maximum absolute atomic E-state index is 16.0. The van der Waals surface area contributed by atoms with Gasteiger partial charge in [-0.2, -0.15) is 0 Å². The molecule has 56 heavy (non-hydrogen) atoms. The van der Waals surface area contributed by atoms with Crippen LogP contribution in [0.2, 0.25) is 0 Å². The molecular weight excluding hydrogens is 711 g/mol. The van der Waals surface area contributed by atoms with Crippen LogP contribution in [0, 0.1) is 11.3 Å². The molecule has 11 heteroatoms. The molecule has 0 spiro atoms. The number of hydrogen-bond acceptors (Lipinski definition) is 8. The fraction of sp³-hybridized carbons (Fsp3) is 0.222. The third-order valence-electron chi connectivity index (χ3n) is 10.1. The molecule has 5 aromatic rings. The van der Waals surface area contributed by atoms with E-state index in [9.17, 15) is 14.4 Å². The molecule has 6 rings (SSSR count). The second-order valence-corrected chi connectivity index (χ2v) is 13.8. The number of rotatable bonds is 14. The van der Waals surface area contributed by atoms with Crippen LogP contribution < -0.4 is 20.3 Å². The summed E-state index contributed by atoms with van der Waals surface area (Å²) in [5.41, 5.74) is 4.30. The predicted molar refractivity (Wildman–Crippen MR) is 210 cm³/mol. The van der Waals surface area contributed by atoms with Gasteiger partial charge in [-0.25, -0.2) is 0 Å². The molecule has 1 aliphatic rings. The van der Waals surface area contributed by atoms with Gasteiger partial charge in [0.05, 0.1) is 31.3 Å². The van der Waals surface area contributed by atoms with Gasteiger partial charge in [-0.3, -0.25) is 33.8 Å². The number of hydrogen-bond donors (Lipinski definition) is 1. The summed E-state index contributed by atoms with van der Waals surface area (Å²) in [6.45, 7) is 3.14. The van der Waals surface area contributed by atoms with Gasteiger partial charge in [-0.15, -0.1) is 0 Å². The van der Waals surface area contributed by atoms with Crippen molar-refractivity contribution in [2.45, 2.75) is 45.4 Å². The van der Waals surface area contributed by atoms with Gasteiger partial charge in [0.1, 0.15) is 24.4 Å². The highest BCUT2D eigenvalue weighted by atomic mass is 16.5. The van der Waals surface area contributed by atoms with Crippen LogP contribution in [0.25, 0.3) is 0 Å². The van der Waals surface area contributed by atoms with E-state index < -0.39 is 59.4 Å². The van der Waals surface area contributed by atoms with Crippen LogP contribution in [-0.4, -0.2) is 36.8 Å². The third-order valence-corrected chi connectivity index (χ3v) is 10.1. The van der Waals surface area contributed by atoms with Gasteiger partial charge in [-0.1, -0.05) is 117 Å². The number of carbonyl (C=O) groups excluding carboxylic acids is 5. The molecule has 1 heterocycles. The van der Waals surface area contributed by atoms with Gasteiger partial charge < -0.3 is 19.9 Å². The normalized spacial score (nSPS) is 14.6. The van der Waals surface area contributed by atoms with Crippen molar-refractivity contribution < 1.29 is 38.2 Å². The van der Waals surface area contributed by atoms with Crippen LogP contribution in [-0.2, 0) is 52.2 Å². The standard InChI is InChI=1S/C45H43N3O8/c1-31(2)45(41(46)51,34-23-25-36(54-3)26-24-34)48-38-22-14-13-21-37(38)47(35-19-11-6-12-20-35)42(52)44(43(48)53,27-39(49)55-29-32-15-7-4-8-16-32)28-40(50)56-30-33-17-9-5-10-18-33/h4-26,31H,27-30H2,1-3H3,(H2,46,51). The molecule has 0 fully saturated rings. The second-order valence-electron chi connectivity index (χ2n) is 13.8. The Morgan fingerprint density at radius 3 is 1.57 bits per heavy atom. The zero-order valence-electron chi connectivity index (χ0n) is 31.4. The molecule has 1 unspecified atom stereocenters. The van der Waals surface area contributed by atoms with Gasteiger partial charge in [0.25, 0.3) is 0 Å². The number of benzene rings is 5. The summed E-state index contributed by atoms with van der Waals surface area (Å²) < 4.78 is 16.8. The summed E-state index contributed by atoms with van der Waals surface area (Å²) in [4.78, 5) is 76.7. The Bertz CT molecular complexity index is 2140. The van der Waals surface area contributed by atoms with Crippen LogP contribution in [0.15, 0.2) is 140 Å². The Balaban J connectivity index is 1.60. The van der Waals surface area contributed by atoms with Crippen LogP contribution in [0.3, 0.4) is 0 Å². The van der Waals surface area contributed by atoms with Crippen LogP contribution in [0.1, 0.15) is 43.4 Å². The maximum atomic E-state index is 16.0. The molecule has 0 aromatic heterocycles. The number of amides is 3. The highest BCUT2D eigenvalue weighted by Crippen LogP contribution is 2.52. The molecule has 5 aromatic carbocycles. The van der Waals surface area contributed by atoms with E-state index in [1.807, 2.05) is 12.1 Å². The van der Waals surface area contributed by atoms with Crippen molar-refractivity contribution in [3.05, 3.63) is 156 Å². The van der Waals surface area contributed by atoms with Crippen LogP contribution in [0.4, 0.5) is 17.1 Å². The summed E-state index contributed by atoms with van der Waals surface area (Å²) in [6.07, 6.45) is -1.75. The van der Waals surface area contributed by atoms with Gasteiger partial charge in [0.15, 0.2) is 5.54 Å². The third kappa shape index (κ3) is 7.48. The van der Waals surface area contributed by atoms with Crippen molar-refractivity contribution in [3.8, 4) is 5.75 Å².